The summed E-state index contributed by atoms with van der Waals surface area (Å²) in [5.74, 6) is 0.951. The number of pyridine rings is 1. The number of alkyl halides is 3. The summed E-state index contributed by atoms with van der Waals surface area (Å²) in [4.78, 5) is 20.2. The number of nitrogens with zero attached hydrogens (tertiary/aromatic N) is 3. The number of aromatic nitrogens is 1. The van der Waals surface area contributed by atoms with Crippen molar-refractivity contribution in [3.05, 3.63) is 22.3 Å². The van der Waals surface area contributed by atoms with E-state index in [1.54, 1.807) is 0 Å². The Bertz CT molecular complexity index is 641. The lowest BCUT2D eigenvalue weighted by Gasteiger charge is -2.40. The molecule has 0 atom stereocenters. The van der Waals surface area contributed by atoms with Crippen molar-refractivity contribution in [2.45, 2.75) is 44.3 Å². The second-order valence-corrected chi connectivity index (χ2v) is 7.68. The summed E-state index contributed by atoms with van der Waals surface area (Å²) >= 11 is 3.21. The highest BCUT2D eigenvalue weighted by molar-refractivity contribution is 9.10. The molecule has 25 heavy (non-hydrogen) atoms. The molecule has 1 aliphatic heterocycles. The summed E-state index contributed by atoms with van der Waals surface area (Å²) in [5, 5.41) is 0. The van der Waals surface area contributed by atoms with Gasteiger partial charge in [-0.3, -0.25) is 4.79 Å². The first-order valence-electron chi connectivity index (χ1n) is 8.51. The molecular formula is C17H21BrF3N3O. The zero-order chi connectivity index (χ0) is 18.2. The number of hydrogen-bond donors (Lipinski definition) is 0. The molecule has 0 aromatic carbocycles. The Morgan fingerprint density at radius 3 is 2.40 bits per heavy atom. The van der Waals surface area contributed by atoms with Crippen LogP contribution in [0.5, 0.6) is 0 Å². The molecule has 1 saturated heterocycles. The Morgan fingerprint density at radius 2 is 1.92 bits per heavy atom. The number of anilines is 1. The number of hydrogen-bond acceptors (Lipinski definition) is 3. The van der Waals surface area contributed by atoms with Gasteiger partial charge in [0.25, 0.3) is 0 Å². The zero-order valence-corrected chi connectivity index (χ0v) is 15.6. The summed E-state index contributed by atoms with van der Waals surface area (Å²) in [6.07, 6.45) is 1.18. The molecule has 1 aromatic rings. The number of rotatable bonds is 3. The van der Waals surface area contributed by atoms with E-state index in [-0.39, 0.29) is 17.9 Å². The fourth-order valence-corrected chi connectivity index (χ4v) is 4.01. The Balaban J connectivity index is 1.61. The second kappa shape index (κ2) is 7.13. The molecule has 1 aromatic heterocycles. The van der Waals surface area contributed by atoms with Gasteiger partial charge in [0.1, 0.15) is 5.82 Å². The van der Waals surface area contributed by atoms with Crippen LogP contribution in [0.15, 0.2) is 16.7 Å². The van der Waals surface area contributed by atoms with E-state index >= 15 is 0 Å². The van der Waals surface area contributed by atoms with E-state index in [0.29, 0.717) is 23.4 Å². The van der Waals surface area contributed by atoms with E-state index in [1.807, 2.05) is 16.8 Å². The number of carbonyl (C=O) groups excluding carboxylic acids is 1. The van der Waals surface area contributed by atoms with Gasteiger partial charge in [-0.2, -0.15) is 13.2 Å². The normalized spacial score (nSPS) is 19.6. The van der Waals surface area contributed by atoms with E-state index < -0.39 is 11.7 Å². The Hall–Kier alpha value is -1.31. The summed E-state index contributed by atoms with van der Waals surface area (Å²) in [7, 11) is 1.87. The highest BCUT2D eigenvalue weighted by atomic mass is 79.9. The third-order valence-electron chi connectivity index (χ3n) is 5.26. The van der Waals surface area contributed by atoms with Gasteiger partial charge in [0.15, 0.2) is 0 Å². The molecule has 1 saturated carbocycles. The summed E-state index contributed by atoms with van der Waals surface area (Å²) in [6.45, 7) is 1.34. The number of amides is 1. The first-order valence-corrected chi connectivity index (χ1v) is 9.31. The van der Waals surface area contributed by atoms with Crippen LogP contribution in [0, 0.1) is 5.92 Å². The third-order valence-corrected chi connectivity index (χ3v) is 5.85. The Morgan fingerprint density at radius 1 is 1.28 bits per heavy atom. The van der Waals surface area contributed by atoms with Gasteiger partial charge in [0, 0.05) is 38.3 Å². The number of halogens is 4. The molecule has 138 valence electrons. The lowest BCUT2D eigenvalue weighted by atomic mass is 9.84. The summed E-state index contributed by atoms with van der Waals surface area (Å²) in [5.41, 5.74) is -0.760. The topological polar surface area (TPSA) is 36.4 Å². The van der Waals surface area contributed by atoms with Gasteiger partial charge in [-0.15, -0.1) is 0 Å². The van der Waals surface area contributed by atoms with Crippen LogP contribution in [0.4, 0.5) is 19.0 Å². The van der Waals surface area contributed by atoms with E-state index in [9.17, 15) is 18.0 Å². The van der Waals surface area contributed by atoms with Crippen LogP contribution < -0.4 is 4.90 Å². The van der Waals surface area contributed by atoms with Crippen molar-refractivity contribution in [2.24, 2.45) is 5.92 Å². The van der Waals surface area contributed by atoms with Gasteiger partial charge < -0.3 is 9.80 Å². The number of piperidine rings is 1. The fourth-order valence-electron chi connectivity index (χ4n) is 3.41. The minimum absolute atomic E-state index is 0.189. The molecule has 0 spiro atoms. The van der Waals surface area contributed by atoms with Crippen molar-refractivity contribution in [1.82, 2.24) is 9.88 Å². The maximum Gasteiger partial charge on any atom is 0.417 e. The predicted octanol–water partition coefficient (Wildman–Crippen LogP) is 4.09. The van der Waals surface area contributed by atoms with E-state index in [4.69, 9.17) is 0 Å². The predicted molar refractivity (Wildman–Crippen MR) is 92.3 cm³/mol. The largest absolute Gasteiger partial charge is 0.417 e. The maximum atomic E-state index is 12.7. The van der Waals surface area contributed by atoms with Gasteiger partial charge in [-0.1, -0.05) is 6.42 Å². The molecule has 3 rings (SSSR count). The van der Waals surface area contributed by atoms with Gasteiger partial charge in [0.05, 0.1) is 10.0 Å². The average molecular weight is 420 g/mol. The van der Waals surface area contributed by atoms with E-state index in [1.165, 1.54) is 0 Å². The molecular weight excluding hydrogens is 399 g/mol. The highest BCUT2D eigenvalue weighted by Crippen LogP contribution is 2.35. The zero-order valence-electron chi connectivity index (χ0n) is 14.0. The monoisotopic (exact) mass is 419 g/mol. The van der Waals surface area contributed by atoms with Gasteiger partial charge in [-0.05, 0) is 47.7 Å². The van der Waals surface area contributed by atoms with Crippen molar-refractivity contribution < 1.29 is 18.0 Å². The molecule has 0 bridgehead atoms. The molecule has 1 aliphatic carbocycles. The van der Waals surface area contributed by atoms with Crippen molar-refractivity contribution in [3.63, 3.8) is 0 Å². The average Bonchev–Trinajstić information content (AvgIpc) is 2.52. The molecule has 2 fully saturated rings. The molecule has 1 amide bonds. The van der Waals surface area contributed by atoms with Crippen LogP contribution in [-0.4, -0.2) is 42.0 Å². The van der Waals surface area contributed by atoms with E-state index in [0.717, 1.165) is 44.4 Å². The minimum atomic E-state index is -4.40. The van der Waals surface area contributed by atoms with Gasteiger partial charge in [0.2, 0.25) is 5.91 Å². The maximum absolute atomic E-state index is 12.7. The summed E-state index contributed by atoms with van der Waals surface area (Å²) in [6, 6.07) is 1.26. The van der Waals surface area contributed by atoms with Gasteiger partial charge in [-0.25, -0.2) is 4.98 Å². The third kappa shape index (κ3) is 3.93. The van der Waals surface area contributed by atoms with Crippen LogP contribution in [0.1, 0.15) is 37.7 Å². The van der Waals surface area contributed by atoms with Crippen molar-refractivity contribution in [1.29, 1.82) is 0 Å². The fraction of sp³-hybridized carbons (Fsp3) is 0.647. The second-order valence-electron chi connectivity index (χ2n) is 6.82. The van der Waals surface area contributed by atoms with Crippen molar-refractivity contribution in [2.75, 3.05) is 25.0 Å². The Kier molecular flexibility index (Phi) is 5.27. The lowest BCUT2D eigenvalue weighted by molar-refractivity contribution is -0.139. The molecule has 2 aliphatic rings. The molecule has 2 heterocycles. The first-order chi connectivity index (χ1) is 11.8. The standard InChI is InChI=1S/C17H21BrF3N3O/c1-23(16(25)11-3-2-4-11)13-5-7-24(8-6-13)15-14(18)9-12(10-22-15)17(19,20)21/h9-11,13H,2-8H2,1H3. The minimum Gasteiger partial charge on any atom is -0.356 e. The summed E-state index contributed by atoms with van der Waals surface area (Å²) < 4.78 is 38.6. The van der Waals surface area contributed by atoms with Crippen LogP contribution >= 0.6 is 15.9 Å². The van der Waals surface area contributed by atoms with Crippen molar-refractivity contribution >= 4 is 27.7 Å². The quantitative estimate of drug-likeness (QED) is 0.739. The highest BCUT2D eigenvalue weighted by Gasteiger charge is 2.34. The van der Waals surface area contributed by atoms with Crippen molar-refractivity contribution in [3.8, 4) is 0 Å². The smallest absolute Gasteiger partial charge is 0.356 e. The molecule has 0 unspecified atom stereocenters. The van der Waals surface area contributed by atoms with Crippen LogP contribution in [0.2, 0.25) is 0 Å². The number of carbonyl (C=O) groups is 1. The first kappa shape index (κ1) is 18.5. The SMILES string of the molecule is CN(C(=O)C1CCC1)C1CCN(c2ncc(C(F)(F)F)cc2Br)CC1. The van der Waals surface area contributed by atoms with Gasteiger partial charge >= 0.3 is 6.18 Å². The lowest BCUT2D eigenvalue weighted by Crippen LogP contribution is -2.48. The molecule has 8 heteroatoms. The van der Waals surface area contributed by atoms with Crippen LogP contribution in [-0.2, 0) is 11.0 Å². The molecule has 0 radical (unpaired) electrons. The molecule has 0 N–H and O–H groups in total. The molecule has 4 nitrogen and oxygen atoms in total. The van der Waals surface area contributed by atoms with Crippen LogP contribution in [0.25, 0.3) is 0 Å². The van der Waals surface area contributed by atoms with E-state index in [2.05, 4.69) is 20.9 Å². The Labute approximate surface area is 153 Å². The van der Waals surface area contributed by atoms with Crippen LogP contribution in [0.3, 0.4) is 0 Å².